The van der Waals surface area contributed by atoms with Crippen LogP contribution in [-0.4, -0.2) is 35.0 Å². The van der Waals surface area contributed by atoms with E-state index in [0.29, 0.717) is 28.8 Å². The molecule has 2 N–H and O–H groups in total. The molecule has 1 heterocycles. The first-order chi connectivity index (χ1) is 20.9. The molecule has 1 unspecified atom stereocenters. The minimum Gasteiger partial charge on any atom is -0.632 e. The van der Waals surface area contributed by atoms with Gasteiger partial charge in [-0.15, -0.1) is 0 Å². The molecule has 12 heteroatoms. The van der Waals surface area contributed by atoms with E-state index < -0.39 is 39.8 Å². The number of carbonyl (C=O) groups excluding carboxylic acids is 1. The molecule has 242 valence electrons. The summed E-state index contributed by atoms with van der Waals surface area (Å²) in [5.41, 5.74) is -1.77. The van der Waals surface area contributed by atoms with Gasteiger partial charge in [-0.05, 0) is 78.9 Å². The zero-order valence-corrected chi connectivity index (χ0v) is 24.9. The Bertz CT molecular complexity index is 1460. The van der Waals surface area contributed by atoms with E-state index in [4.69, 9.17) is 4.74 Å². The van der Waals surface area contributed by atoms with Crippen molar-refractivity contribution >= 4 is 11.8 Å². The van der Waals surface area contributed by atoms with E-state index in [-0.39, 0.29) is 43.3 Å². The summed E-state index contributed by atoms with van der Waals surface area (Å²) in [6.45, 7) is 5.24. The van der Waals surface area contributed by atoms with Gasteiger partial charge in [0.25, 0.3) is 0 Å². The number of nitrogens with one attached hydrogen (secondary N) is 1. The molecule has 0 bridgehead atoms. The molecule has 0 saturated heterocycles. The Morgan fingerprint density at radius 1 is 0.867 bits per heavy atom. The minimum atomic E-state index is -4.63. The zero-order valence-electron chi connectivity index (χ0n) is 24.9. The van der Waals surface area contributed by atoms with Crippen LogP contribution in [0.4, 0.5) is 36.8 Å². The smallest absolute Gasteiger partial charge is 0.416 e. The first-order valence-corrected chi connectivity index (χ1v) is 14.4. The number of aliphatic hydroxyl groups is 1. The van der Waals surface area contributed by atoms with Gasteiger partial charge in [0.1, 0.15) is 18.7 Å². The fourth-order valence-corrected chi connectivity index (χ4v) is 5.62. The van der Waals surface area contributed by atoms with Gasteiger partial charge < -0.3 is 19.7 Å². The molecule has 4 rings (SSSR count). The Balaban J connectivity index is 1.68. The van der Waals surface area contributed by atoms with Gasteiger partial charge in [0.15, 0.2) is 0 Å². The third-order valence-electron chi connectivity index (χ3n) is 7.81. The predicted octanol–water partition coefficient (Wildman–Crippen LogP) is 8.54. The number of rotatable bonds is 8. The van der Waals surface area contributed by atoms with Gasteiger partial charge in [0.05, 0.1) is 23.8 Å². The highest BCUT2D eigenvalue weighted by molar-refractivity contribution is 5.84. The molecule has 0 spiro atoms. The van der Waals surface area contributed by atoms with Crippen molar-refractivity contribution in [3.63, 3.8) is 0 Å². The lowest BCUT2D eigenvalue weighted by Gasteiger charge is -2.49. The van der Waals surface area contributed by atoms with Crippen molar-refractivity contribution in [2.45, 2.75) is 64.2 Å². The fraction of sp³-hybridized carbons (Fsp3) is 0.364. The molecule has 1 aliphatic heterocycles. The lowest BCUT2D eigenvalue weighted by molar-refractivity contribution is -0.891. The van der Waals surface area contributed by atoms with Crippen molar-refractivity contribution in [1.29, 1.82) is 0 Å². The van der Waals surface area contributed by atoms with Crippen molar-refractivity contribution in [1.82, 2.24) is 0 Å². The average Bonchev–Trinajstić information content (AvgIpc) is 2.96. The Morgan fingerprint density at radius 3 is 1.76 bits per heavy atom. The first kappa shape index (κ1) is 34.0. The maximum absolute atomic E-state index is 14.0. The summed E-state index contributed by atoms with van der Waals surface area (Å²) < 4.78 is 84.3. The van der Waals surface area contributed by atoms with Crippen molar-refractivity contribution in [2.75, 3.05) is 18.4 Å². The first-order valence-electron chi connectivity index (χ1n) is 14.4. The van der Waals surface area contributed by atoms with E-state index in [1.54, 1.807) is 45.0 Å². The fourth-order valence-electron chi connectivity index (χ4n) is 5.62. The molecule has 6 nitrogen and oxygen atoms in total. The van der Waals surface area contributed by atoms with Crippen LogP contribution < -0.4 is 5.32 Å². The molecule has 0 aromatic heterocycles. The highest BCUT2D eigenvalue weighted by Crippen LogP contribution is 2.45. The summed E-state index contributed by atoms with van der Waals surface area (Å²) in [5, 5.41) is 28.9. The van der Waals surface area contributed by atoms with Crippen LogP contribution in [0.2, 0.25) is 0 Å². The molecule has 1 amide bonds. The Hall–Kier alpha value is -3.87. The molecule has 3 aromatic rings. The van der Waals surface area contributed by atoms with Gasteiger partial charge in [-0.2, -0.15) is 26.3 Å². The third kappa shape index (κ3) is 7.86. The van der Waals surface area contributed by atoms with E-state index in [1.807, 2.05) is 0 Å². The van der Waals surface area contributed by atoms with Crippen LogP contribution in [-0.2, 0) is 29.2 Å². The topological polar surface area (TPSA) is 81.6 Å². The Labute approximate surface area is 257 Å². The number of hydroxylamine groups is 3. The van der Waals surface area contributed by atoms with Crippen LogP contribution in [0.5, 0.6) is 0 Å². The monoisotopic (exact) mass is 636 g/mol. The largest absolute Gasteiger partial charge is 0.632 e. The summed E-state index contributed by atoms with van der Waals surface area (Å²) >= 11 is 0. The number of ether oxygens (including phenoxy) is 1. The standard InChI is InChI=1S/C33H34F6N2O4/c1-4-23-20-41(44,19-22-5-15-28(16-6-22)40-30(42)45-21(2)3)18-17-29(23)31(43,24-7-11-26(12-8-24)32(34,35)36)25-9-13-27(14-10-25)33(37,38)39/h5-16,21,43H,4,17-20H2,1-3H3,(H,40,42). The number of benzene rings is 3. The molecule has 45 heavy (non-hydrogen) atoms. The summed E-state index contributed by atoms with van der Waals surface area (Å²) in [5.74, 6) is 0. The summed E-state index contributed by atoms with van der Waals surface area (Å²) in [6, 6.07) is 14.4. The molecule has 0 fully saturated rings. The number of nitrogens with zero attached hydrogens (tertiary/aromatic N) is 1. The summed E-state index contributed by atoms with van der Waals surface area (Å²) in [7, 11) is 0. The number of carbonyl (C=O) groups is 1. The van der Waals surface area contributed by atoms with Gasteiger partial charge in [-0.3, -0.25) is 5.32 Å². The maximum Gasteiger partial charge on any atom is 0.416 e. The number of amides is 1. The van der Waals surface area contributed by atoms with Crippen LogP contribution in [0, 0.1) is 5.21 Å². The Kier molecular flexibility index (Phi) is 9.72. The second-order valence-corrected chi connectivity index (χ2v) is 11.4. The van der Waals surface area contributed by atoms with Crippen molar-refractivity contribution in [3.05, 3.63) is 117 Å². The summed E-state index contributed by atoms with van der Waals surface area (Å²) in [4.78, 5) is 11.9. The third-order valence-corrected chi connectivity index (χ3v) is 7.81. The normalized spacial score (nSPS) is 17.9. The second-order valence-electron chi connectivity index (χ2n) is 11.4. The lowest BCUT2D eigenvalue weighted by atomic mass is 9.74. The van der Waals surface area contributed by atoms with Gasteiger partial charge in [0, 0.05) is 17.7 Å². The quantitative estimate of drug-likeness (QED) is 0.112. The molecule has 0 radical (unpaired) electrons. The van der Waals surface area contributed by atoms with Crippen LogP contribution in [0.3, 0.4) is 0 Å². The minimum absolute atomic E-state index is 0.00310. The van der Waals surface area contributed by atoms with Gasteiger partial charge in [0.2, 0.25) is 0 Å². The van der Waals surface area contributed by atoms with Crippen molar-refractivity contribution < 1.29 is 45.6 Å². The van der Waals surface area contributed by atoms with Crippen molar-refractivity contribution in [2.24, 2.45) is 0 Å². The molecule has 1 atom stereocenters. The number of hydrogen-bond acceptors (Lipinski definition) is 4. The molecule has 0 aliphatic carbocycles. The van der Waals surface area contributed by atoms with E-state index in [2.05, 4.69) is 5.32 Å². The molecule has 3 aromatic carbocycles. The van der Waals surface area contributed by atoms with Crippen LogP contribution in [0.15, 0.2) is 83.9 Å². The number of quaternary nitrogens is 1. The Morgan fingerprint density at radius 2 is 1.33 bits per heavy atom. The second kappa shape index (κ2) is 12.9. The zero-order chi connectivity index (χ0) is 33.2. The van der Waals surface area contributed by atoms with Crippen LogP contribution >= 0.6 is 0 Å². The number of halogens is 6. The number of alkyl halides is 6. The van der Waals surface area contributed by atoms with E-state index in [1.165, 1.54) is 0 Å². The molecule has 0 saturated carbocycles. The van der Waals surface area contributed by atoms with E-state index in [9.17, 15) is 41.5 Å². The van der Waals surface area contributed by atoms with E-state index in [0.717, 1.165) is 48.5 Å². The van der Waals surface area contributed by atoms with E-state index >= 15 is 0 Å². The highest BCUT2D eigenvalue weighted by atomic mass is 19.4. The highest BCUT2D eigenvalue weighted by Gasteiger charge is 2.43. The molecular formula is C33H34F6N2O4. The van der Waals surface area contributed by atoms with Crippen molar-refractivity contribution in [3.8, 4) is 0 Å². The molecule has 1 aliphatic rings. The SMILES string of the molecule is CCC1=C(C(O)(c2ccc(C(F)(F)F)cc2)c2ccc(C(F)(F)F)cc2)CC[N+]([O-])(Cc2ccc(NC(=O)OC(C)C)cc2)C1. The maximum atomic E-state index is 14.0. The van der Waals surface area contributed by atoms with Crippen LogP contribution in [0.25, 0.3) is 0 Å². The predicted molar refractivity (Wildman–Crippen MR) is 157 cm³/mol. The average molecular weight is 637 g/mol. The van der Waals surface area contributed by atoms with Gasteiger partial charge in [-0.1, -0.05) is 43.3 Å². The molecular weight excluding hydrogens is 602 g/mol. The van der Waals surface area contributed by atoms with Gasteiger partial charge in [-0.25, -0.2) is 4.79 Å². The number of hydrogen-bond donors (Lipinski definition) is 2. The summed E-state index contributed by atoms with van der Waals surface area (Å²) in [6.07, 6.45) is -9.80. The number of anilines is 1. The van der Waals surface area contributed by atoms with Gasteiger partial charge >= 0.3 is 18.4 Å². The lowest BCUT2D eigenvalue weighted by Crippen LogP contribution is -2.49. The van der Waals surface area contributed by atoms with Crippen LogP contribution in [0.1, 0.15) is 61.4 Å².